The first kappa shape index (κ1) is 15.8. The average Bonchev–Trinajstić information content (AvgIpc) is 3.39. The summed E-state index contributed by atoms with van der Waals surface area (Å²) in [5.41, 5.74) is 1.81. The van der Waals surface area contributed by atoms with E-state index in [0.29, 0.717) is 11.8 Å². The summed E-state index contributed by atoms with van der Waals surface area (Å²) in [6, 6.07) is 7.58. The van der Waals surface area contributed by atoms with Crippen molar-refractivity contribution < 1.29 is 14.4 Å². The second-order valence-electron chi connectivity index (χ2n) is 8.15. The van der Waals surface area contributed by atoms with Gasteiger partial charge in [0.25, 0.3) is 0 Å². The van der Waals surface area contributed by atoms with E-state index in [1.165, 1.54) is 4.90 Å². The Hall–Kier alpha value is -2.43. The van der Waals surface area contributed by atoms with E-state index in [9.17, 15) is 14.4 Å². The number of rotatable bonds is 4. The quantitative estimate of drug-likeness (QED) is 0.670. The van der Waals surface area contributed by atoms with Crippen LogP contribution in [0.5, 0.6) is 0 Å². The van der Waals surface area contributed by atoms with Crippen molar-refractivity contribution in [3.05, 3.63) is 42.0 Å². The number of nitrogens with one attached hydrogen (secondary N) is 1. The molecule has 6 atom stereocenters. The Morgan fingerprint density at radius 2 is 1.77 bits per heavy atom. The van der Waals surface area contributed by atoms with E-state index in [4.69, 9.17) is 0 Å². The summed E-state index contributed by atoms with van der Waals surface area (Å²) in [5, 5.41) is 2.84. The minimum absolute atomic E-state index is 0.0620. The molecule has 3 fully saturated rings. The fraction of sp³-hybridized carbons (Fsp3) is 0.476. The van der Waals surface area contributed by atoms with Gasteiger partial charge in [0.1, 0.15) is 0 Å². The molecule has 5 aliphatic rings. The van der Waals surface area contributed by atoms with Crippen molar-refractivity contribution >= 4 is 23.4 Å². The zero-order chi connectivity index (χ0) is 18.0. The summed E-state index contributed by atoms with van der Waals surface area (Å²) in [6.07, 6.45) is 5.63. The summed E-state index contributed by atoms with van der Waals surface area (Å²) in [5.74, 6) is 1.02. The van der Waals surface area contributed by atoms with Crippen LogP contribution < -0.4 is 5.32 Å². The number of hydrogen-bond acceptors (Lipinski definition) is 3. The van der Waals surface area contributed by atoms with E-state index in [-0.39, 0.29) is 54.4 Å². The second kappa shape index (κ2) is 5.53. The van der Waals surface area contributed by atoms with Crippen molar-refractivity contribution in [2.24, 2.45) is 35.5 Å². The van der Waals surface area contributed by atoms with Gasteiger partial charge in [-0.15, -0.1) is 0 Å². The van der Waals surface area contributed by atoms with Crippen molar-refractivity contribution in [1.82, 2.24) is 4.90 Å². The lowest BCUT2D eigenvalue weighted by Gasteiger charge is -2.37. The number of nitrogens with zero attached hydrogens (tertiary/aromatic N) is 1. The minimum atomic E-state index is -0.180. The number of likely N-dealkylation sites (tertiary alicyclic amines) is 1. The number of hydrogen-bond donors (Lipinski definition) is 1. The van der Waals surface area contributed by atoms with Gasteiger partial charge in [0.15, 0.2) is 0 Å². The van der Waals surface area contributed by atoms with Gasteiger partial charge in [0.05, 0.1) is 11.8 Å². The molecule has 0 aromatic heterocycles. The molecule has 0 spiro atoms. The van der Waals surface area contributed by atoms with E-state index in [0.717, 1.165) is 17.7 Å². The van der Waals surface area contributed by atoms with Gasteiger partial charge in [0.2, 0.25) is 17.7 Å². The first-order valence-corrected chi connectivity index (χ1v) is 9.44. The maximum Gasteiger partial charge on any atom is 0.233 e. The van der Waals surface area contributed by atoms with Crippen LogP contribution in [0, 0.1) is 42.4 Å². The molecule has 1 aromatic carbocycles. The molecule has 1 heterocycles. The molecule has 5 nitrogen and oxygen atoms in total. The zero-order valence-corrected chi connectivity index (χ0v) is 14.7. The van der Waals surface area contributed by atoms with Crippen molar-refractivity contribution in [3.8, 4) is 0 Å². The molecule has 1 N–H and O–H groups in total. The number of amides is 3. The Labute approximate surface area is 152 Å². The summed E-state index contributed by atoms with van der Waals surface area (Å²) in [6.45, 7) is 2.14. The predicted molar refractivity (Wildman–Crippen MR) is 95.8 cm³/mol. The third-order valence-corrected chi connectivity index (χ3v) is 6.62. The van der Waals surface area contributed by atoms with Crippen LogP contribution >= 0.6 is 0 Å². The lowest BCUT2D eigenvalue weighted by Crippen LogP contribution is -2.40. The predicted octanol–water partition coefficient (Wildman–Crippen LogP) is 2.38. The zero-order valence-electron chi connectivity index (χ0n) is 14.7. The molecule has 2 bridgehead atoms. The molecular weight excluding hydrogens is 328 g/mol. The highest BCUT2D eigenvalue weighted by Gasteiger charge is 2.66. The summed E-state index contributed by atoms with van der Waals surface area (Å²) in [7, 11) is 0. The van der Waals surface area contributed by atoms with Crippen molar-refractivity contribution in [1.29, 1.82) is 0 Å². The van der Waals surface area contributed by atoms with Gasteiger partial charge in [-0.3, -0.25) is 19.3 Å². The number of aryl methyl sites for hydroxylation is 1. The molecule has 0 unspecified atom stereocenters. The molecule has 2 saturated carbocycles. The van der Waals surface area contributed by atoms with Gasteiger partial charge in [-0.2, -0.15) is 0 Å². The topological polar surface area (TPSA) is 66.5 Å². The Bertz CT molecular complexity index is 809. The molecule has 6 rings (SSSR count). The lowest BCUT2D eigenvalue weighted by atomic mass is 9.63. The highest BCUT2D eigenvalue weighted by molar-refractivity contribution is 6.06. The molecule has 1 aliphatic heterocycles. The average molecular weight is 350 g/mol. The van der Waals surface area contributed by atoms with Crippen LogP contribution in [0.3, 0.4) is 0 Å². The van der Waals surface area contributed by atoms with E-state index in [1.54, 1.807) is 0 Å². The second-order valence-corrected chi connectivity index (χ2v) is 8.15. The Kier molecular flexibility index (Phi) is 3.36. The van der Waals surface area contributed by atoms with Gasteiger partial charge >= 0.3 is 0 Å². The van der Waals surface area contributed by atoms with Crippen LogP contribution in [-0.2, 0) is 14.4 Å². The van der Waals surface area contributed by atoms with Gasteiger partial charge in [-0.25, -0.2) is 0 Å². The third kappa shape index (κ3) is 2.26. The van der Waals surface area contributed by atoms with Crippen LogP contribution in [0.2, 0.25) is 0 Å². The molecule has 1 aromatic rings. The molecule has 5 heteroatoms. The number of carbonyl (C=O) groups excluding carboxylic acids is 3. The van der Waals surface area contributed by atoms with Gasteiger partial charge in [-0.1, -0.05) is 24.3 Å². The maximum absolute atomic E-state index is 12.9. The fourth-order valence-corrected chi connectivity index (χ4v) is 5.40. The first-order valence-electron chi connectivity index (χ1n) is 9.44. The SMILES string of the molecule is Cc1cccc(NC(=O)CCN2C(=O)[C@@H]3[C@H]4C=C[C@@H]([C@@H]5C[C@H]45)[C@@H]3C2=O)c1. The van der Waals surface area contributed by atoms with Crippen molar-refractivity contribution in [3.63, 3.8) is 0 Å². The normalized spacial score (nSPS) is 36.1. The monoisotopic (exact) mass is 350 g/mol. The minimum Gasteiger partial charge on any atom is -0.326 e. The van der Waals surface area contributed by atoms with Crippen molar-refractivity contribution in [2.75, 3.05) is 11.9 Å². The van der Waals surface area contributed by atoms with Crippen LogP contribution in [0.25, 0.3) is 0 Å². The van der Waals surface area contributed by atoms with Crippen molar-refractivity contribution in [2.45, 2.75) is 19.8 Å². The maximum atomic E-state index is 12.9. The molecule has 1 saturated heterocycles. The highest BCUT2D eigenvalue weighted by atomic mass is 16.2. The van der Waals surface area contributed by atoms with E-state index in [2.05, 4.69) is 17.5 Å². The van der Waals surface area contributed by atoms with E-state index >= 15 is 0 Å². The van der Waals surface area contributed by atoms with Crippen LogP contribution in [0.15, 0.2) is 36.4 Å². The largest absolute Gasteiger partial charge is 0.326 e. The standard InChI is InChI=1S/C21H22N2O3/c1-11-3-2-4-12(9-11)22-17(24)7-8-23-20(25)18-13-5-6-14(16-10-15(13)16)19(18)21(23)26/h2-6,9,13-16,18-19H,7-8,10H2,1H3,(H,22,24)/t13-,14-,15-,16+,18-,19+/m0/s1. The van der Waals surface area contributed by atoms with Gasteiger partial charge < -0.3 is 5.32 Å². The smallest absolute Gasteiger partial charge is 0.233 e. The van der Waals surface area contributed by atoms with Gasteiger partial charge in [-0.05, 0) is 54.7 Å². The number of allylic oxidation sites excluding steroid dienone is 2. The summed E-state index contributed by atoms with van der Waals surface area (Å²) < 4.78 is 0. The number of carbonyl (C=O) groups is 3. The summed E-state index contributed by atoms with van der Waals surface area (Å²) in [4.78, 5) is 39.3. The molecule has 26 heavy (non-hydrogen) atoms. The van der Waals surface area contributed by atoms with E-state index < -0.39 is 0 Å². The Morgan fingerprint density at radius 3 is 2.38 bits per heavy atom. The fourth-order valence-electron chi connectivity index (χ4n) is 5.40. The number of anilines is 1. The van der Waals surface area contributed by atoms with E-state index in [1.807, 2.05) is 31.2 Å². The molecule has 4 aliphatic carbocycles. The van der Waals surface area contributed by atoms with Crippen LogP contribution in [0.1, 0.15) is 18.4 Å². The molecule has 134 valence electrons. The molecule has 3 amide bonds. The molecule has 0 radical (unpaired) electrons. The van der Waals surface area contributed by atoms with Gasteiger partial charge in [0, 0.05) is 18.7 Å². The summed E-state index contributed by atoms with van der Waals surface area (Å²) >= 11 is 0. The lowest BCUT2D eigenvalue weighted by molar-refractivity contribution is -0.140. The van der Waals surface area contributed by atoms with Crippen LogP contribution in [-0.4, -0.2) is 29.2 Å². The number of imide groups is 1. The molecular formula is C21H22N2O3. The Balaban J connectivity index is 1.25. The third-order valence-electron chi connectivity index (χ3n) is 6.62. The first-order chi connectivity index (χ1) is 12.5. The Morgan fingerprint density at radius 1 is 1.12 bits per heavy atom. The van der Waals surface area contributed by atoms with Crippen LogP contribution in [0.4, 0.5) is 5.69 Å². The number of benzene rings is 1. The highest BCUT2D eigenvalue weighted by Crippen LogP contribution is 2.65.